The van der Waals surface area contributed by atoms with E-state index in [-0.39, 0.29) is 11.7 Å². The molecule has 3 heterocycles. The van der Waals surface area contributed by atoms with Gasteiger partial charge in [-0.05, 0) is 31.2 Å². The smallest absolute Gasteiger partial charge is 0.293 e. The van der Waals surface area contributed by atoms with Crippen LogP contribution in [0.5, 0.6) is 0 Å². The maximum Gasteiger partial charge on any atom is 0.293 e. The van der Waals surface area contributed by atoms with Gasteiger partial charge in [0.1, 0.15) is 11.5 Å². The van der Waals surface area contributed by atoms with E-state index in [1.807, 2.05) is 18.2 Å². The fraction of sp³-hybridized carbons (Fsp3) is 0.286. The summed E-state index contributed by atoms with van der Waals surface area (Å²) in [5, 5.41) is 15.0. The van der Waals surface area contributed by atoms with E-state index in [4.69, 9.17) is 16.1 Å². The van der Waals surface area contributed by atoms with Gasteiger partial charge in [0.05, 0.1) is 11.7 Å². The molecule has 0 unspecified atom stereocenters. The van der Waals surface area contributed by atoms with Crippen LogP contribution in [0.3, 0.4) is 0 Å². The van der Waals surface area contributed by atoms with E-state index in [1.54, 1.807) is 42.3 Å². The van der Waals surface area contributed by atoms with Crippen LogP contribution >= 0.6 is 11.6 Å². The fourth-order valence-corrected chi connectivity index (χ4v) is 3.60. The van der Waals surface area contributed by atoms with Gasteiger partial charge in [0.2, 0.25) is 5.76 Å². The maximum absolute atomic E-state index is 13.1. The zero-order valence-corrected chi connectivity index (χ0v) is 16.7. The highest BCUT2D eigenvalue weighted by molar-refractivity contribution is 6.30. The monoisotopic (exact) mass is 412 g/mol. The van der Waals surface area contributed by atoms with Crippen molar-refractivity contribution in [1.82, 2.24) is 15.0 Å². The predicted octanol–water partition coefficient (Wildman–Crippen LogP) is 3.41. The van der Waals surface area contributed by atoms with Crippen molar-refractivity contribution >= 4 is 23.3 Å². The van der Waals surface area contributed by atoms with E-state index in [0.29, 0.717) is 42.5 Å². The van der Waals surface area contributed by atoms with Crippen LogP contribution in [0.25, 0.3) is 11.3 Å². The second-order valence-electron chi connectivity index (χ2n) is 6.92. The van der Waals surface area contributed by atoms with Gasteiger partial charge in [-0.15, -0.1) is 0 Å². The summed E-state index contributed by atoms with van der Waals surface area (Å²) in [6, 6.07) is 12.8. The van der Waals surface area contributed by atoms with Crippen molar-refractivity contribution in [1.29, 1.82) is 0 Å². The number of pyridine rings is 1. The molecule has 2 aromatic heterocycles. The molecule has 1 N–H and O–H groups in total. The average Bonchev–Trinajstić information content (AvgIpc) is 3.20. The molecule has 0 spiro atoms. The van der Waals surface area contributed by atoms with Crippen molar-refractivity contribution in [3.63, 3.8) is 0 Å². The first-order valence-corrected chi connectivity index (χ1v) is 9.81. The minimum absolute atomic E-state index is 0.0798. The first-order valence-electron chi connectivity index (χ1n) is 9.43. The lowest BCUT2D eigenvalue weighted by Gasteiger charge is -2.35. The Balaban J connectivity index is 1.54. The fourth-order valence-electron chi connectivity index (χ4n) is 3.48. The Morgan fingerprint density at radius 3 is 2.48 bits per heavy atom. The standard InChI is InChI=1S/C21H21ClN4O3/c1-14(27)18-19(15-5-7-16(22)8-6-15)24-29-20(18)21(28)26-12-10-25(11-13-26)17-4-2-3-9-23-17/h2-9,14,27H,10-13H2,1H3/t14-/m0/s1. The topological polar surface area (TPSA) is 82.7 Å². The summed E-state index contributed by atoms with van der Waals surface area (Å²) in [5.74, 6) is 0.708. The van der Waals surface area contributed by atoms with Gasteiger partial charge in [0.15, 0.2) is 0 Å². The SMILES string of the molecule is C[C@H](O)c1c(-c2ccc(Cl)cc2)noc1C(=O)N1CCN(c2ccccn2)CC1. The van der Waals surface area contributed by atoms with E-state index in [0.717, 1.165) is 11.4 Å². The summed E-state index contributed by atoms with van der Waals surface area (Å²) in [6.45, 7) is 4.01. The molecule has 8 heteroatoms. The molecule has 1 aliphatic rings. The van der Waals surface area contributed by atoms with Crippen LogP contribution in [0.4, 0.5) is 5.82 Å². The first kappa shape index (κ1) is 19.4. The van der Waals surface area contributed by atoms with Gasteiger partial charge < -0.3 is 19.4 Å². The molecular weight excluding hydrogens is 392 g/mol. The van der Waals surface area contributed by atoms with Gasteiger partial charge in [0.25, 0.3) is 5.91 Å². The van der Waals surface area contributed by atoms with Gasteiger partial charge >= 0.3 is 0 Å². The predicted molar refractivity (Wildman–Crippen MR) is 110 cm³/mol. The highest BCUT2D eigenvalue weighted by atomic mass is 35.5. The Kier molecular flexibility index (Phi) is 5.51. The second kappa shape index (κ2) is 8.23. The number of rotatable bonds is 4. The van der Waals surface area contributed by atoms with Crippen LogP contribution in [0.1, 0.15) is 29.1 Å². The number of aliphatic hydroxyl groups is 1. The van der Waals surface area contributed by atoms with E-state index < -0.39 is 6.10 Å². The van der Waals surface area contributed by atoms with Crippen molar-refractivity contribution in [2.75, 3.05) is 31.1 Å². The third kappa shape index (κ3) is 3.97. The number of halogens is 1. The number of aliphatic hydroxyl groups excluding tert-OH is 1. The Morgan fingerprint density at radius 1 is 1.14 bits per heavy atom. The zero-order chi connectivity index (χ0) is 20.4. The van der Waals surface area contributed by atoms with E-state index in [2.05, 4.69) is 15.0 Å². The molecule has 1 saturated heterocycles. The number of hydrogen-bond donors (Lipinski definition) is 1. The number of benzene rings is 1. The number of anilines is 1. The molecule has 1 atom stereocenters. The molecular formula is C21H21ClN4O3. The molecule has 1 amide bonds. The number of piperazine rings is 1. The summed E-state index contributed by atoms with van der Waals surface area (Å²) < 4.78 is 5.41. The lowest BCUT2D eigenvalue weighted by molar-refractivity contribution is 0.0696. The quantitative estimate of drug-likeness (QED) is 0.707. The molecule has 4 rings (SSSR count). The average molecular weight is 413 g/mol. The van der Waals surface area contributed by atoms with Crippen LogP contribution in [-0.2, 0) is 0 Å². The molecule has 150 valence electrons. The summed E-state index contributed by atoms with van der Waals surface area (Å²) in [6.07, 6.45) is 0.856. The third-order valence-corrected chi connectivity index (χ3v) is 5.25. The molecule has 7 nitrogen and oxygen atoms in total. The number of amides is 1. The molecule has 0 aliphatic carbocycles. The normalized spacial score (nSPS) is 15.4. The zero-order valence-electron chi connectivity index (χ0n) is 16.0. The number of nitrogens with zero attached hydrogens (tertiary/aromatic N) is 4. The third-order valence-electron chi connectivity index (χ3n) is 5.00. The Bertz CT molecular complexity index is 981. The minimum atomic E-state index is -0.902. The summed E-state index contributed by atoms with van der Waals surface area (Å²) >= 11 is 5.95. The van der Waals surface area contributed by atoms with Gasteiger partial charge in [-0.25, -0.2) is 4.98 Å². The summed E-state index contributed by atoms with van der Waals surface area (Å²) in [5.41, 5.74) is 1.57. The Morgan fingerprint density at radius 2 is 1.86 bits per heavy atom. The lowest BCUT2D eigenvalue weighted by Crippen LogP contribution is -2.49. The van der Waals surface area contributed by atoms with E-state index in [9.17, 15) is 9.90 Å². The molecule has 0 saturated carbocycles. The van der Waals surface area contributed by atoms with Gasteiger partial charge in [-0.2, -0.15) is 0 Å². The minimum Gasteiger partial charge on any atom is -0.388 e. The van der Waals surface area contributed by atoms with Crippen LogP contribution in [-0.4, -0.2) is 52.2 Å². The molecule has 1 aliphatic heterocycles. The van der Waals surface area contributed by atoms with Crippen molar-refractivity contribution in [2.24, 2.45) is 0 Å². The van der Waals surface area contributed by atoms with Crippen LogP contribution in [0.2, 0.25) is 5.02 Å². The molecule has 3 aromatic rings. The first-order chi connectivity index (χ1) is 14.0. The Hall–Kier alpha value is -2.90. The number of hydrogen-bond acceptors (Lipinski definition) is 6. The van der Waals surface area contributed by atoms with Crippen LogP contribution in [0, 0.1) is 0 Å². The van der Waals surface area contributed by atoms with Gasteiger partial charge in [-0.3, -0.25) is 4.79 Å². The van der Waals surface area contributed by atoms with Crippen molar-refractivity contribution in [3.8, 4) is 11.3 Å². The number of carbonyl (C=O) groups excluding carboxylic acids is 1. The van der Waals surface area contributed by atoms with Gasteiger partial charge in [0, 0.05) is 43.0 Å². The highest BCUT2D eigenvalue weighted by Gasteiger charge is 2.31. The molecule has 1 fully saturated rings. The van der Waals surface area contributed by atoms with Crippen molar-refractivity contribution in [3.05, 3.63) is 65.0 Å². The van der Waals surface area contributed by atoms with Crippen molar-refractivity contribution < 1.29 is 14.4 Å². The lowest BCUT2D eigenvalue weighted by atomic mass is 10.0. The highest BCUT2D eigenvalue weighted by Crippen LogP contribution is 2.32. The molecule has 1 aromatic carbocycles. The number of carbonyl (C=O) groups is 1. The maximum atomic E-state index is 13.1. The van der Waals surface area contributed by atoms with Crippen molar-refractivity contribution in [2.45, 2.75) is 13.0 Å². The number of aromatic nitrogens is 2. The van der Waals surface area contributed by atoms with Gasteiger partial charge in [-0.1, -0.05) is 35.0 Å². The van der Waals surface area contributed by atoms with Crippen LogP contribution < -0.4 is 4.90 Å². The Labute approximate surface area is 173 Å². The molecule has 0 bridgehead atoms. The summed E-state index contributed by atoms with van der Waals surface area (Å²) in [7, 11) is 0. The molecule has 29 heavy (non-hydrogen) atoms. The summed E-state index contributed by atoms with van der Waals surface area (Å²) in [4.78, 5) is 21.3. The van der Waals surface area contributed by atoms with E-state index >= 15 is 0 Å². The van der Waals surface area contributed by atoms with Crippen LogP contribution in [0.15, 0.2) is 53.2 Å². The van der Waals surface area contributed by atoms with E-state index in [1.165, 1.54) is 0 Å². The largest absolute Gasteiger partial charge is 0.388 e. The second-order valence-corrected chi connectivity index (χ2v) is 7.36. The molecule has 0 radical (unpaired) electrons.